The van der Waals surface area contributed by atoms with Gasteiger partial charge in [0.05, 0.1) is 5.69 Å². The molecule has 8 heteroatoms. The second-order valence-electron chi connectivity index (χ2n) is 7.59. The molecule has 32 heavy (non-hydrogen) atoms. The Kier molecular flexibility index (Phi) is 9.71. The minimum atomic E-state index is -0.245. The van der Waals surface area contributed by atoms with E-state index in [0.29, 0.717) is 16.5 Å². The van der Waals surface area contributed by atoms with Crippen LogP contribution in [-0.2, 0) is 30.6 Å². The predicted molar refractivity (Wildman–Crippen MR) is 129 cm³/mol. The molecule has 0 aliphatic rings. The quantitative estimate of drug-likeness (QED) is 0.438. The Hall–Kier alpha value is -2.87. The lowest BCUT2D eigenvalue weighted by Gasteiger charge is -2.01. The van der Waals surface area contributed by atoms with E-state index in [0.717, 1.165) is 49.2 Å². The van der Waals surface area contributed by atoms with Gasteiger partial charge in [-0.25, -0.2) is 19.0 Å². The van der Waals surface area contributed by atoms with Crippen LogP contribution in [0.5, 0.6) is 0 Å². The van der Waals surface area contributed by atoms with Crippen LogP contribution in [0.15, 0.2) is 30.9 Å². The van der Waals surface area contributed by atoms with Gasteiger partial charge >= 0.3 is 0 Å². The van der Waals surface area contributed by atoms with Gasteiger partial charge in [0.15, 0.2) is 16.7 Å². The summed E-state index contributed by atoms with van der Waals surface area (Å²) in [5.74, 6) is 1.12. The van der Waals surface area contributed by atoms with Gasteiger partial charge in [0.25, 0.3) is 0 Å². The number of allylic oxidation sites excluding steroid dienone is 1. The van der Waals surface area contributed by atoms with Crippen molar-refractivity contribution >= 4 is 22.3 Å². The van der Waals surface area contributed by atoms with E-state index in [-0.39, 0.29) is 18.1 Å². The predicted octanol–water partition coefficient (Wildman–Crippen LogP) is 5.34. The average molecular weight is 458 g/mol. The lowest BCUT2D eigenvalue weighted by molar-refractivity contribution is -0.117. The van der Waals surface area contributed by atoms with E-state index in [9.17, 15) is 9.18 Å². The minimum Gasteiger partial charge on any atom is -0.375 e. The fourth-order valence-electron chi connectivity index (χ4n) is 3.15. The summed E-state index contributed by atoms with van der Waals surface area (Å²) in [6.07, 6.45) is 6.62. The van der Waals surface area contributed by atoms with Gasteiger partial charge in [-0.2, -0.15) is 5.10 Å². The molecule has 0 radical (unpaired) electrons. The zero-order chi connectivity index (χ0) is 23.7. The number of rotatable bonds is 9. The van der Waals surface area contributed by atoms with Gasteiger partial charge in [0.1, 0.15) is 18.2 Å². The number of hydrogen-bond donors (Lipinski definition) is 1. The summed E-state index contributed by atoms with van der Waals surface area (Å²) < 4.78 is 14.9. The second-order valence-corrected chi connectivity index (χ2v) is 8.71. The molecule has 0 amide bonds. The molecular weight excluding hydrogens is 425 g/mol. The zero-order valence-electron chi connectivity index (χ0n) is 19.3. The molecule has 3 rings (SSSR count). The second kappa shape index (κ2) is 12.2. The fraction of sp³-hybridized carbons (Fsp3) is 0.417. The number of carbonyl (C=O) groups is 1. The molecule has 172 valence electrons. The lowest BCUT2D eigenvalue weighted by Crippen LogP contribution is -2.11. The van der Waals surface area contributed by atoms with Crippen LogP contribution in [0.25, 0.3) is 11.4 Å². The van der Waals surface area contributed by atoms with Crippen molar-refractivity contribution in [1.29, 1.82) is 0 Å². The lowest BCUT2D eigenvalue weighted by atomic mass is 10.1. The van der Waals surface area contributed by atoms with Crippen molar-refractivity contribution in [1.82, 2.24) is 19.7 Å². The number of nitrogens with two attached hydrogens (primary N) is 1. The SMILES string of the molecule is C=CCc1sc(N)nc1CCC.CCCc1nc(-c2ccc(F)c(C)c2)nn1CC(C)=O. The summed E-state index contributed by atoms with van der Waals surface area (Å²) in [6, 6.07) is 4.79. The normalized spacial score (nSPS) is 10.5. The van der Waals surface area contributed by atoms with Crippen molar-refractivity contribution in [3.8, 4) is 11.4 Å². The van der Waals surface area contributed by atoms with Gasteiger partial charge < -0.3 is 5.73 Å². The first-order chi connectivity index (χ1) is 15.3. The van der Waals surface area contributed by atoms with E-state index in [1.165, 1.54) is 17.9 Å². The number of thiazole rings is 1. The standard InChI is InChI=1S/C15H18FN3O.C9H14N2S/c1-4-5-14-17-15(18-19(14)9-11(3)20)12-6-7-13(16)10(2)8-12;1-3-5-7-8(6-4-2)12-9(10)11-7/h6-8H,4-5,9H2,1-3H3;4H,2-3,5-6H2,1H3,(H2,10,11). The number of ketones is 1. The molecular formula is C24H32FN5OS. The van der Waals surface area contributed by atoms with Crippen LogP contribution in [0.3, 0.4) is 0 Å². The molecule has 6 nitrogen and oxygen atoms in total. The number of carbonyl (C=O) groups excluding carboxylic acids is 1. The Labute approximate surface area is 193 Å². The first kappa shape index (κ1) is 25.4. The topological polar surface area (TPSA) is 86.7 Å². The summed E-state index contributed by atoms with van der Waals surface area (Å²) in [4.78, 5) is 21.3. The maximum Gasteiger partial charge on any atom is 0.181 e. The Morgan fingerprint density at radius 2 is 1.97 bits per heavy atom. The maximum absolute atomic E-state index is 13.3. The summed E-state index contributed by atoms with van der Waals surface area (Å²) in [5, 5.41) is 5.05. The van der Waals surface area contributed by atoms with Crippen LogP contribution in [0.1, 0.15) is 55.6 Å². The molecule has 0 bridgehead atoms. The van der Waals surface area contributed by atoms with Crippen molar-refractivity contribution in [3.63, 3.8) is 0 Å². The van der Waals surface area contributed by atoms with Gasteiger partial charge in [0, 0.05) is 23.3 Å². The largest absolute Gasteiger partial charge is 0.375 e. The first-order valence-corrected chi connectivity index (χ1v) is 11.6. The molecule has 0 aliphatic carbocycles. The van der Waals surface area contributed by atoms with E-state index in [4.69, 9.17) is 5.73 Å². The monoisotopic (exact) mass is 457 g/mol. The van der Waals surface area contributed by atoms with Crippen molar-refractivity contribution in [2.75, 3.05) is 5.73 Å². The van der Waals surface area contributed by atoms with Crippen molar-refractivity contribution < 1.29 is 9.18 Å². The number of benzene rings is 1. The van der Waals surface area contributed by atoms with Crippen molar-refractivity contribution in [2.24, 2.45) is 0 Å². The molecule has 2 aromatic heterocycles. The van der Waals surface area contributed by atoms with Crippen LogP contribution in [0.4, 0.5) is 9.52 Å². The molecule has 0 aliphatic heterocycles. The third-order valence-electron chi connectivity index (χ3n) is 4.62. The highest BCUT2D eigenvalue weighted by molar-refractivity contribution is 7.15. The number of Topliss-reactive ketones (excluding diaryl/α,β-unsaturated/α-hetero) is 1. The van der Waals surface area contributed by atoms with E-state index in [1.54, 1.807) is 35.1 Å². The average Bonchev–Trinajstić information content (AvgIpc) is 3.28. The van der Waals surface area contributed by atoms with Gasteiger partial charge in [0.2, 0.25) is 0 Å². The summed E-state index contributed by atoms with van der Waals surface area (Å²) in [7, 11) is 0. The summed E-state index contributed by atoms with van der Waals surface area (Å²) in [5.41, 5.74) is 8.09. The van der Waals surface area contributed by atoms with E-state index in [1.807, 2.05) is 6.08 Å². The van der Waals surface area contributed by atoms with Crippen LogP contribution in [0.2, 0.25) is 0 Å². The number of nitrogens with zero attached hydrogens (tertiary/aromatic N) is 4. The number of aryl methyl sites for hydroxylation is 3. The van der Waals surface area contributed by atoms with E-state index < -0.39 is 0 Å². The summed E-state index contributed by atoms with van der Waals surface area (Å²) in [6.45, 7) is 11.4. The number of halogens is 1. The Bertz CT molecular complexity index is 1060. The number of anilines is 1. The highest BCUT2D eigenvalue weighted by Gasteiger charge is 2.13. The maximum atomic E-state index is 13.3. The molecule has 0 saturated carbocycles. The fourth-order valence-corrected chi connectivity index (χ4v) is 4.03. The van der Waals surface area contributed by atoms with Gasteiger partial charge in [-0.05, 0) is 50.5 Å². The van der Waals surface area contributed by atoms with E-state index >= 15 is 0 Å². The highest BCUT2D eigenvalue weighted by atomic mass is 32.1. The minimum absolute atomic E-state index is 0.0362. The van der Waals surface area contributed by atoms with Crippen LogP contribution in [-0.4, -0.2) is 25.5 Å². The number of hydrogen-bond acceptors (Lipinski definition) is 6. The molecule has 0 spiro atoms. The highest BCUT2D eigenvalue weighted by Crippen LogP contribution is 2.22. The third-order valence-corrected chi connectivity index (χ3v) is 5.57. The van der Waals surface area contributed by atoms with E-state index in [2.05, 4.69) is 35.5 Å². The molecule has 0 fully saturated rings. The molecule has 2 heterocycles. The molecule has 1 aromatic carbocycles. The smallest absolute Gasteiger partial charge is 0.181 e. The number of aromatic nitrogens is 4. The third kappa shape index (κ3) is 7.09. The number of nitrogen functional groups attached to an aromatic ring is 1. The molecule has 0 saturated heterocycles. The Balaban J connectivity index is 0.000000258. The molecule has 0 unspecified atom stereocenters. The molecule has 3 aromatic rings. The Morgan fingerprint density at radius 3 is 2.56 bits per heavy atom. The van der Waals surface area contributed by atoms with Crippen molar-refractivity contribution in [3.05, 3.63) is 58.6 Å². The molecule has 2 N–H and O–H groups in total. The first-order valence-electron chi connectivity index (χ1n) is 10.8. The van der Waals surface area contributed by atoms with Gasteiger partial charge in [-0.1, -0.05) is 26.3 Å². The van der Waals surface area contributed by atoms with Crippen LogP contribution in [0, 0.1) is 12.7 Å². The zero-order valence-corrected chi connectivity index (χ0v) is 20.1. The van der Waals surface area contributed by atoms with Crippen LogP contribution < -0.4 is 5.73 Å². The molecule has 0 atom stereocenters. The van der Waals surface area contributed by atoms with Crippen LogP contribution >= 0.6 is 11.3 Å². The van der Waals surface area contributed by atoms with Gasteiger partial charge in [-0.3, -0.25) is 4.79 Å². The Morgan fingerprint density at radius 1 is 1.25 bits per heavy atom. The summed E-state index contributed by atoms with van der Waals surface area (Å²) >= 11 is 1.57. The van der Waals surface area contributed by atoms with Crippen molar-refractivity contribution in [2.45, 2.75) is 66.3 Å². The van der Waals surface area contributed by atoms with Gasteiger partial charge in [-0.15, -0.1) is 17.9 Å².